The van der Waals surface area contributed by atoms with E-state index in [1.807, 2.05) is 25.1 Å². The van der Waals surface area contributed by atoms with Crippen LogP contribution in [0.15, 0.2) is 27.2 Å². The number of aromatic amines is 1. The normalized spacial score (nSPS) is 11.3. The van der Waals surface area contributed by atoms with E-state index < -0.39 is 0 Å². The van der Waals surface area contributed by atoms with Crippen LogP contribution in [0.1, 0.15) is 11.7 Å². The van der Waals surface area contributed by atoms with Crippen molar-refractivity contribution < 1.29 is 9.52 Å². The molecule has 0 bridgehead atoms. The van der Waals surface area contributed by atoms with Gasteiger partial charge in [-0.15, -0.1) is 0 Å². The maximum atomic E-state index is 8.94. The largest absolute Gasteiger partial charge is 0.441 e. The molecule has 2 aromatic heterocycles. The molecule has 1 aromatic carbocycles. The summed E-state index contributed by atoms with van der Waals surface area (Å²) in [6.45, 7) is 1.89. The Labute approximate surface area is 117 Å². The lowest BCUT2D eigenvalue weighted by Gasteiger charge is -1.96. The number of aromatic nitrogens is 3. The van der Waals surface area contributed by atoms with Crippen molar-refractivity contribution in [3.05, 3.63) is 34.5 Å². The Hall–Kier alpha value is -1.66. The van der Waals surface area contributed by atoms with Crippen LogP contribution in [0.3, 0.4) is 0 Å². The summed E-state index contributed by atoms with van der Waals surface area (Å²) in [5.41, 5.74) is 3.34. The first kappa shape index (κ1) is 12.4. The predicted molar refractivity (Wildman–Crippen MR) is 74.8 cm³/mol. The molecule has 0 atom stereocenters. The molecule has 2 N–H and O–H groups in total. The number of aliphatic hydroxyl groups excluding tert-OH is 1. The van der Waals surface area contributed by atoms with Crippen LogP contribution in [0, 0.1) is 6.92 Å². The first-order valence-electron chi connectivity index (χ1n) is 5.90. The molecule has 0 spiro atoms. The maximum Gasteiger partial charge on any atom is 0.192 e. The van der Waals surface area contributed by atoms with Gasteiger partial charge in [-0.25, -0.2) is 9.97 Å². The van der Waals surface area contributed by atoms with Gasteiger partial charge < -0.3 is 14.5 Å². The van der Waals surface area contributed by atoms with Gasteiger partial charge in [0.2, 0.25) is 0 Å². The minimum absolute atomic E-state index is 0.0703. The van der Waals surface area contributed by atoms with Gasteiger partial charge in [0.05, 0.1) is 6.61 Å². The highest BCUT2D eigenvalue weighted by Crippen LogP contribution is 2.28. The quantitative estimate of drug-likeness (QED) is 0.777. The second-order valence-electron chi connectivity index (χ2n) is 4.24. The van der Waals surface area contributed by atoms with Crippen LogP contribution in [-0.4, -0.2) is 26.7 Å². The summed E-state index contributed by atoms with van der Waals surface area (Å²) < 4.78 is 6.25. The van der Waals surface area contributed by atoms with Gasteiger partial charge in [0, 0.05) is 18.9 Å². The minimum atomic E-state index is 0.0703. The van der Waals surface area contributed by atoms with Crippen LogP contribution in [-0.2, 0) is 6.42 Å². The number of H-pyrrole nitrogens is 1. The lowest BCUT2D eigenvalue weighted by molar-refractivity contribution is 0.297. The second kappa shape index (κ2) is 4.79. The maximum absolute atomic E-state index is 8.94. The number of oxazole rings is 1. The minimum Gasteiger partial charge on any atom is -0.441 e. The average Bonchev–Trinajstić information content (AvgIpc) is 2.90. The highest BCUT2D eigenvalue weighted by atomic mass is 79.9. The van der Waals surface area contributed by atoms with E-state index in [2.05, 4.69) is 30.9 Å². The van der Waals surface area contributed by atoms with Gasteiger partial charge in [-0.05, 0) is 34.1 Å². The van der Waals surface area contributed by atoms with E-state index in [-0.39, 0.29) is 6.61 Å². The first-order valence-corrected chi connectivity index (χ1v) is 6.69. The first-order chi connectivity index (χ1) is 9.17. The number of rotatable bonds is 3. The molecule has 0 aliphatic heterocycles. The van der Waals surface area contributed by atoms with Crippen LogP contribution in [0.2, 0.25) is 0 Å². The van der Waals surface area contributed by atoms with E-state index in [1.165, 1.54) is 0 Å². The van der Waals surface area contributed by atoms with Gasteiger partial charge in [0.15, 0.2) is 11.5 Å². The molecule has 0 fully saturated rings. The number of imidazole rings is 1. The zero-order chi connectivity index (χ0) is 13.4. The molecule has 0 amide bonds. The summed E-state index contributed by atoms with van der Waals surface area (Å²) in [6.07, 6.45) is 0.504. The zero-order valence-electron chi connectivity index (χ0n) is 10.3. The number of nitrogens with zero attached hydrogens (tertiary/aromatic N) is 2. The molecular weight excluding hydrogens is 310 g/mol. The third kappa shape index (κ3) is 2.29. The lowest BCUT2D eigenvalue weighted by atomic mass is 10.1. The Morgan fingerprint density at radius 2 is 2.21 bits per heavy atom. The monoisotopic (exact) mass is 321 g/mol. The second-order valence-corrected chi connectivity index (χ2v) is 5.03. The molecule has 3 aromatic rings. The molecular formula is C13H12BrN3O2. The Balaban J connectivity index is 2.07. The van der Waals surface area contributed by atoms with Crippen LogP contribution in [0.5, 0.6) is 0 Å². The Morgan fingerprint density at radius 1 is 1.37 bits per heavy atom. The van der Waals surface area contributed by atoms with Gasteiger partial charge >= 0.3 is 0 Å². The van der Waals surface area contributed by atoms with Gasteiger partial charge in [-0.1, -0.05) is 0 Å². The SMILES string of the molecule is Cc1nc2cc(-c3nc(CCO)[nH]c3Br)ccc2o1. The number of halogens is 1. The number of aryl methyl sites for hydroxylation is 1. The molecule has 0 saturated carbocycles. The van der Waals surface area contributed by atoms with E-state index in [0.29, 0.717) is 12.3 Å². The Bertz CT molecular complexity index is 733. The number of hydrogen-bond donors (Lipinski definition) is 2. The highest BCUT2D eigenvalue weighted by molar-refractivity contribution is 9.10. The number of aliphatic hydroxyl groups is 1. The highest BCUT2D eigenvalue weighted by Gasteiger charge is 2.12. The molecule has 5 nitrogen and oxygen atoms in total. The molecule has 3 rings (SSSR count). The molecule has 2 heterocycles. The number of hydrogen-bond acceptors (Lipinski definition) is 4. The van der Waals surface area contributed by atoms with Crippen molar-refractivity contribution in [2.24, 2.45) is 0 Å². The van der Waals surface area contributed by atoms with Crippen LogP contribution in [0.25, 0.3) is 22.4 Å². The van der Waals surface area contributed by atoms with Gasteiger partial charge in [-0.2, -0.15) is 0 Å². The van der Waals surface area contributed by atoms with Crippen molar-refractivity contribution in [2.45, 2.75) is 13.3 Å². The summed E-state index contributed by atoms with van der Waals surface area (Å²) in [4.78, 5) is 11.9. The summed E-state index contributed by atoms with van der Waals surface area (Å²) in [5, 5.41) is 8.94. The zero-order valence-corrected chi connectivity index (χ0v) is 11.9. The smallest absolute Gasteiger partial charge is 0.192 e. The summed E-state index contributed by atoms with van der Waals surface area (Å²) in [6, 6.07) is 5.77. The van der Waals surface area contributed by atoms with Gasteiger partial charge in [-0.3, -0.25) is 0 Å². The van der Waals surface area contributed by atoms with Gasteiger partial charge in [0.1, 0.15) is 21.6 Å². The summed E-state index contributed by atoms with van der Waals surface area (Å²) in [5.74, 6) is 1.40. The topological polar surface area (TPSA) is 74.9 Å². The van der Waals surface area contributed by atoms with Crippen molar-refractivity contribution in [2.75, 3.05) is 6.61 Å². The lowest BCUT2D eigenvalue weighted by Crippen LogP contribution is -1.92. The average molecular weight is 322 g/mol. The Morgan fingerprint density at radius 3 is 3.00 bits per heavy atom. The molecule has 19 heavy (non-hydrogen) atoms. The van der Waals surface area contributed by atoms with Crippen LogP contribution < -0.4 is 0 Å². The fourth-order valence-corrected chi connectivity index (χ4v) is 2.55. The summed E-state index contributed by atoms with van der Waals surface area (Å²) in [7, 11) is 0. The van der Waals surface area contributed by atoms with E-state index in [1.54, 1.807) is 0 Å². The van der Waals surface area contributed by atoms with Crippen molar-refractivity contribution in [1.82, 2.24) is 15.0 Å². The van der Waals surface area contributed by atoms with Crippen LogP contribution in [0.4, 0.5) is 0 Å². The Kier molecular flexibility index (Phi) is 3.12. The van der Waals surface area contributed by atoms with Crippen molar-refractivity contribution in [3.63, 3.8) is 0 Å². The van der Waals surface area contributed by atoms with Crippen molar-refractivity contribution in [1.29, 1.82) is 0 Å². The van der Waals surface area contributed by atoms with Crippen molar-refractivity contribution in [3.8, 4) is 11.3 Å². The third-order valence-corrected chi connectivity index (χ3v) is 3.40. The van der Waals surface area contributed by atoms with Crippen molar-refractivity contribution >= 4 is 27.0 Å². The molecule has 0 aliphatic rings. The van der Waals surface area contributed by atoms with Gasteiger partial charge in [0.25, 0.3) is 0 Å². The van der Waals surface area contributed by atoms with E-state index >= 15 is 0 Å². The fourth-order valence-electron chi connectivity index (χ4n) is 2.00. The molecule has 0 unspecified atom stereocenters. The van der Waals surface area contributed by atoms with E-state index in [9.17, 15) is 0 Å². The number of nitrogens with one attached hydrogen (secondary N) is 1. The molecule has 0 radical (unpaired) electrons. The number of benzene rings is 1. The predicted octanol–water partition coefficient (Wildman–Crippen LogP) is 2.82. The van der Waals surface area contributed by atoms with E-state index in [4.69, 9.17) is 9.52 Å². The number of fused-ring (bicyclic) bond motifs is 1. The summed E-state index contributed by atoms with van der Waals surface area (Å²) >= 11 is 3.45. The molecule has 98 valence electrons. The molecule has 6 heteroatoms. The molecule has 0 saturated heterocycles. The third-order valence-electron chi connectivity index (χ3n) is 2.83. The van der Waals surface area contributed by atoms with E-state index in [0.717, 1.165) is 32.8 Å². The fraction of sp³-hybridized carbons (Fsp3) is 0.231. The standard InChI is InChI=1S/C13H12BrN3O2/c1-7-15-9-6-8(2-3-10(9)19-7)12-13(14)17-11(16-12)4-5-18/h2-3,6,18H,4-5H2,1H3,(H,16,17). The molecule has 0 aliphatic carbocycles. The van der Waals surface area contributed by atoms with Crippen LogP contribution >= 0.6 is 15.9 Å².